The fraction of sp³-hybridized carbons (Fsp3) is 0.556. The van der Waals surface area contributed by atoms with Crippen molar-refractivity contribution in [2.75, 3.05) is 0 Å². The molecule has 0 nitrogen and oxygen atoms in total. The molecule has 0 saturated heterocycles. The summed E-state index contributed by atoms with van der Waals surface area (Å²) in [6, 6.07) is 0. The van der Waals surface area contributed by atoms with Crippen LogP contribution in [0.3, 0.4) is 0 Å². The maximum Gasteiger partial charge on any atom is -1.00 e. The first kappa shape index (κ1) is 20.7. The predicted octanol–water partition coefficient (Wildman–Crippen LogP) is -0.382. The molecule has 0 saturated carbocycles. The Bertz CT molecular complexity index is 546. The summed E-state index contributed by atoms with van der Waals surface area (Å²) >= 11 is 1.60. The quantitative estimate of drug-likeness (QED) is 0.635. The minimum absolute atomic E-state index is 0. The van der Waals surface area contributed by atoms with Crippen LogP contribution >= 0.6 is 0 Å². The van der Waals surface area contributed by atoms with Crippen molar-refractivity contribution >= 4 is 0 Å². The van der Waals surface area contributed by atoms with Crippen molar-refractivity contribution in [2.24, 2.45) is 5.41 Å². The summed E-state index contributed by atoms with van der Waals surface area (Å²) in [6.45, 7) is 14.0. The Morgan fingerprint density at radius 3 is 2.10 bits per heavy atom. The van der Waals surface area contributed by atoms with Gasteiger partial charge in [0.05, 0.1) is 0 Å². The molecule has 0 radical (unpaired) electrons. The Morgan fingerprint density at radius 2 is 1.67 bits per heavy atom. The Kier molecular flexibility index (Phi) is 7.21. The zero-order chi connectivity index (χ0) is 14.4. The van der Waals surface area contributed by atoms with Crippen LogP contribution in [-0.2, 0) is 24.7 Å². The molecule has 0 bridgehead atoms. The third-order valence-corrected chi connectivity index (χ3v) is 6.28. The summed E-state index contributed by atoms with van der Waals surface area (Å²) in [5.74, 6) is 0. The Balaban J connectivity index is 0.00000200. The largest absolute Gasteiger partial charge is 1.00 e. The van der Waals surface area contributed by atoms with E-state index in [0.717, 1.165) is 0 Å². The van der Waals surface area contributed by atoms with E-state index in [1.165, 1.54) is 30.4 Å². The molecule has 0 heterocycles. The smallest absolute Gasteiger partial charge is 1.00 e. The van der Waals surface area contributed by atoms with Crippen LogP contribution in [0.15, 0.2) is 42.8 Å². The molecule has 0 spiro atoms. The second-order valence-corrected chi connectivity index (χ2v) is 7.89. The minimum Gasteiger partial charge on any atom is -1.00 e. The molecule has 2 aliphatic rings. The second kappa shape index (κ2) is 7.31. The molecular weight excluding hydrogens is 345 g/mol. The SMILES string of the molecule is CCCC1=[C]([Zr+2])CC=C1C1=C(C)C(C)=C(C)C1(C)C.[F-].[F-]. The molecule has 21 heavy (non-hydrogen) atoms. The molecule has 0 unspecified atom stereocenters. The molecule has 0 aromatic rings. The Labute approximate surface area is 143 Å². The number of hydrogen-bond acceptors (Lipinski definition) is 0. The molecule has 2 aliphatic carbocycles. The number of allylic oxidation sites excluding steroid dienone is 8. The van der Waals surface area contributed by atoms with Gasteiger partial charge in [-0.25, -0.2) is 0 Å². The van der Waals surface area contributed by atoms with Gasteiger partial charge in [-0.05, 0) is 0 Å². The molecule has 0 aromatic heterocycles. The minimum atomic E-state index is 0. The monoisotopic (exact) mass is 369 g/mol. The van der Waals surface area contributed by atoms with Crippen LogP contribution in [-0.4, -0.2) is 0 Å². The van der Waals surface area contributed by atoms with Gasteiger partial charge < -0.3 is 9.41 Å². The van der Waals surface area contributed by atoms with Gasteiger partial charge in [-0.1, -0.05) is 0 Å². The summed E-state index contributed by atoms with van der Waals surface area (Å²) in [6.07, 6.45) is 6.18. The maximum absolute atomic E-state index is 2.49. The summed E-state index contributed by atoms with van der Waals surface area (Å²) in [4.78, 5) is 0. The van der Waals surface area contributed by atoms with Gasteiger partial charge in [0.25, 0.3) is 0 Å². The molecule has 0 N–H and O–H groups in total. The number of hydrogen-bond donors (Lipinski definition) is 0. The van der Waals surface area contributed by atoms with Crippen molar-refractivity contribution in [1.29, 1.82) is 0 Å². The van der Waals surface area contributed by atoms with Crippen LogP contribution in [0.4, 0.5) is 0 Å². The fourth-order valence-corrected chi connectivity index (χ4v) is 4.42. The molecule has 0 fully saturated rings. The number of halogens is 2. The zero-order valence-electron chi connectivity index (χ0n) is 14.0. The van der Waals surface area contributed by atoms with Crippen molar-refractivity contribution in [3.05, 3.63) is 42.8 Å². The Hall–Kier alpha value is -0.297. The van der Waals surface area contributed by atoms with E-state index in [-0.39, 0.29) is 14.8 Å². The second-order valence-electron chi connectivity index (χ2n) is 6.40. The van der Waals surface area contributed by atoms with Gasteiger partial charge in [-0.15, -0.1) is 0 Å². The third kappa shape index (κ3) is 3.23. The fourth-order valence-electron chi connectivity index (χ4n) is 3.53. The maximum atomic E-state index is 2.49. The van der Waals surface area contributed by atoms with E-state index in [1.807, 2.05) is 0 Å². The molecule has 0 amide bonds. The molecular formula is C18H25F2Zr. The molecule has 3 heteroatoms. The van der Waals surface area contributed by atoms with Crippen molar-refractivity contribution < 1.29 is 34.1 Å². The van der Waals surface area contributed by atoms with Crippen LogP contribution in [0.2, 0.25) is 0 Å². The molecule has 115 valence electrons. The van der Waals surface area contributed by atoms with E-state index >= 15 is 0 Å². The summed E-state index contributed by atoms with van der Waals surface area (Å²) in [5, 5.41) is 0. The standard InChI is InChI=1S/C18H25.2FH.Zr/c1-7-9-15-10-8-11-16(15)17-13(3)12(2)14(4)18(17,5)6;;;/h11H,7-9H2,1-6H3;2*1H;/q;;;+2/p-2. The van der Waals surface area contributed by atoms with E-state index in [4.69, 9.17) is 0 Å². The average Bonchev–Trinajstić information content (AvgIpc) is 2.76. The van der Waals surface area contributed by atoms with E-state index in [2.05, 4.69) is 47.6 Å². The number of rotatable bonds is 3. The van der Waals surface area contributed by atoms with Crippen LogP contribution in [0.25, 0.3) is 0 Å². The van der Waals surface area contributed by atoms with Crippen molar-refractivity contribution in [3.63, 3.8) is 0 Å². The van der Waals surface area contributed by atoms with Crippen molar-refractivity contribution in [1.82, 2.24) is 0 Å². The molecule has 2 rings (SSSR count). The summed E-state index contributed by atoms with van der Waals surface area (Å²) in [5.41, 5.74) is 9.62. The first-order valence-corrected chi connectivity index (χ1v) is 8.59. The third-order valence-electron chi connectivity index (χ3n) is 5.03. The van der Waals surface area contributed by atoms with Crippen molar-refractivity contribution in [3.8, 4) is 0 Å². The van der Waals surface area contributed by atoms with Crippen LogP contribution in [0, 0.1) is 5.41 Å². The van der Waals surface area contributed by atoms with Crippen LogP contribution < -0.4 is 9.41 Å². The van der Waals surface area contributed by atoms with Gasteiger partial charge in [-0.2, -0.15) is 0 Å². The van der Waals surface area contributed by atoms with Gasteiger partial charge in [0, 0.05) is 0 Å². The molecule has 0 atom stereocenters. The van der Waals surface area contributed by atoms with E-state index in [9.17, 15) is 0 Å². The molecule has 0 aliphatic heterocycles. The van der Waals surface area contributed by atoms with Gasteiger partial charge in [0.1, 0.15) is 0 Å². The Morgan fingerprint density at radius 1 is 1.10 bits per heavy atom. The van der Waals surface area contributed by atoms with Gasteiger partial charge in [0.2, 0.25) is 0 Å². The van der Waals surface area contributed by atoms with Gasteiger partial charge >= 0.3 is 134 Å². The first-order chi connectivity index (χ1) is 8.82. The average molecular weight is 371 g/mol. The van der Waals surface area contributed by atoms with Crippen LogP contribution in [0.1, 0.15) is 60.8 Å². The van der Waals surface area contributed by atoms with E-state index < -0.39 is 0 Å². The van der Waals surface area contributed by atoms with E-state index in [1.54, 1.807) is 50.3 Å². The first-order valence-electron chi connectivity index (χ1n) is 7.36. The van der Waals surface area contributed by atoms with Gasteiger partial charge in [0.15, 0.2) is 0 Å². The topological polar surface area (TPSA) is 0 Å². The van der Waals surface area contributed by atoms with E-state index in [0.29, 0.717) is 0 Å². The normalized spacial score (nSPS) is 20.7. The summed E-state index contributed by atoms with van der Waals surface area (Å²) in [7, 11) is 0. The van der Waals surface area contributed by atoms with Gasteiger partial charge in [-0.3, -0.25) is 0 Å². The predicted molar refractivity (Wildman–Crippen MR) is 79.5 cm³/mol. The summed E-state index contributed by atoms with van der Waals surface area (Å²) < 4.78 is 1.67. The zero-order valence-corrected chi connectivity index (χ0v) is 16.4. The van der Waals surface area contributed by atoms with Crippen LogP contribution in [0.5, 0.6) is 0 Å². The molecule has 0 aromatic carbocycles. The van der Waals surface area contributed by atoms with Crippen molar-refractivity contribution in [2.45, 2.75) is 60.8 Å².